The van der Waals surface area contributed by atoms with Crippen LogP contribution >= 0.6 is 0 Å². The van der Waals surface area contributed by atoms with Crippen molar-refractivity contribution < 1.29 is 12.8 Å². The van der Waals surface area contributed by atoms with Crippen molar-refractivity contribution in [1.82, 2.24) is 0 Å². The van der Waals surface area contributed by atoms with Gasteiger partial charge in [0.2, 0.25) is 0 Å². The molecule has 0 bridgehead atoms. The average Bonchev–Trinajstić information content (AvgIpc) is 2.94. The van der Waals surface area contributed by atoms with Crippen LogP contribution in [0.15, 0.2) is 18.2 Å². The summed E-state index contributed by atoms with van der Waals surface area (Å²) in [6.45, 7) is 0.857. The van der Waals surface area contributed by atoms with E-state index in [1.54, 1.807) is 0 Å². The number of halogens is 1. The van der Waals surface area contributed by atoms with Gasteiger partial charge in [-0.15, -0.1) is 0 Å². The van der Waals surface area contributed by atoms with E-state index >= 15 is 4.39 Å². The Morgan fingerprint density at radius 2 is 2.14 bits per heavy atom. The highest BCUT2D eigenvalue weighted by Crippen LogP contribution is 2.42. The maximum Gasteiger partial charge on any atom is 0.150 e. The molecule has 2 aliphatic rings. The van der Waals surface area contributed by atoms with Gasteiger partial charge in [-0.3, -0.25) is 0 Å². The Balaban J connectivity index is 1.82. The number of anilines is 1. The molecule has 1 heterocycles. The standard InChI is InChI=1S/C16H22FNO2S/c1-21(19,20)13-6-2-5-12(10-13)15(17)14-7-3-4-11-8-9-18-16(11)14/h3-4,7,12-13,15,18H,2,5-6,8-10H2,1H3. The Labute approximate surface area is 125 Å². The molecule has 5 heteroatoms. The summed E-state index contributed by atoms with van der Waals surface area (Å²) in [7, 11) is -3.07. The van der Waals surface area contributed by atoms with E-state index in [-0.39, 0.29) is 11.2 Å². The van der Waals surface area contributed by atoms with E-state index in [2.05, 4.69) is 5.32 Å². The van der Waals surface area contributed by atoms with Crippen LogP contribution in [0, 0.1) is 5.92 Å². The monoisotopic (exact) mass is 311 g/mol. The van der Waals surface area contributed by atoms with Gasteiger partial charge in [0.1, 0.15) is 16.0 Å². The maximum atomic E-state index is 15.0. The van der Waals surface area contributed by atoms with Crippen molar-refractivity contribution in [1.29, 1.82) is 0 Å². The zero-order chi connectivity index (χ0) is 15.0. The van der Waals surface area contributed by atoms with Gasteiger partial charge >= 0.3 is 0 Å². The van der Waals surface area contributed by atoms with Crippen molar-refractivity contribution in [3.05, 3.63) is 29.3 Å². The number of para-hydroxylation sites is 1. The number of rotatable bonds is 3. The third kappa shape index (κ3) is 2.93. The third-order valence-electron chi connectivity index (χ3n) is 4.86. The van der Waals surface area contributed by atoms with Gasteiger partial charge in [0.25, 0.3) is 0 Å². The Morgan fingerprint density at radius 1 is 1.33 bits per heavy atom. The molecule has 1 fully saturated rings. The molecule has 1 saturated carbocycles. The molecular weight excluding hydrogens is 289 g/mol. The molecular formula is C16H22FNO2S. The number of fused-ring (bicyclic) bond motifs is 1. The topological polar surface area (TPSA) is 46.2 Å². The number of benzene rings is 1. The minimum atomic E-state index is -3.07. The van der Waals surface area contributed by atoms with Gasteiger partial charge in [0.15, 0.2) is 0 Å². The average molecular weight is 311 g/mol. The SMILES string of the molecule is CS(=O)(=O)C1CCCC(C(F)c2cccc3c2NCC3)C1. The van der Waals surface area contributed by atoms with Gasteiger partial charge in [-0.1, -0.05) is 24.6 Å². The molecule has 3 rings (SSSR count). The number of nitrogens with one attached hydrogen (secondary N) is 1. The highest BCUT2D eigenvalue weighted by Gasteiger charge is 2.35. The zero-order valence-electron chi connectivity index (χ0n) is 12.3. The van der Waals surface area contributed by atoms with Crippen molar-refractivity contribution in [3.63, 3.8) is 0 Å². The second-order valence-electron chi connectivity index (χ2n) is 6.34. The molecule has 0 radical (unpaired) electrons. The highest BCUT2D eigenvalue weighted by molar-refractivity contribution is 7.91. The molecule has 1 aliphatic heterocycles. The van der Waals surface area contributed by atoms with Gasteiger partial charge in [-0.05, 0) is 37.2 Å². The number of sulfone groups is 1. The van der Waals surface area contributed by atoms with Crippen molar-refractivity contribution >= 4 is 15.5 Å². The fourth-order valence-corrected chi connectivity index (χ4v) is 4.88. The largest absolute Gasteiger partial charge is 0.384 e. The fraction of sp³-hybridized carbons (Fsp3) is 0.625. The van der Waals surface area contributed by atoms with E-state index < -0.39 is 16.0 Å². The summed E-state index contributed by atoms with van der Waals surface area (Å²) in [5.74, 6) is -0.188. The number of hydrogen-bond acceptors (Lipinski definition) is 3. The molecule has 0 spiro atoms. The van der Waals surface area contributed by atoms with E-state index in [0.29, 0.717) is 18.4 Å². The molecule has 0 aromatic heterocycles. The lowest BCUT2D eigenvalue weighted by atomic mass is 9.82. The lowest BCUT2D eigenvalue weighted by Crippen LogP contribution is -2.29. The van der Waals surface area contributed by atoms with E-state index in [0.717, 1.165) is 31.5 Å². The minimum absolute atomic E-state index is 0.188. The van der Waals surface area contributed by atoms with Gasteiger partial charge in [0.05, 0.1) is 5.25 Å². The summed E-state index contributed by atoms with van der Waals surface area (Å²) >= 11 is 0. The van der Waals surface area contributed by atoms with Crippen molar-refractivity contribution in [3.8, 4) is 0 Å². The van der Waals surface area contributed by atoms with Crippen LogP contribution in [0.3, 0.4) is 0 Å². The van der Waals surface area contributed by atoms with Crippen LogP contribution in [0.4, 0.5) is 10.1 Å². The van der Waals surface area contributed by atoms with Crippen molar-refractivity contribution in [2.75, 3.05) is 18.1 Å². The normalized spacial score (nSPS) is 27.0. The maximum absolute atomic E-state index is 15.0. The summed E-state index contributed by atoms with van der Waals surface area (Å²) in [6.07, 6.45) is 3.83. The van der Waals surface area contributed by atoms with Gasteiger partial charge in [-0.2, -0.15) is 0 Å². The molecule has 3 nitrogen and oxygen atoms in total. The molecule has 1 aliphatic carbocycles. The van der Waals surface area contributed by atoms with E-state index in [9.17, 15) is 8.42 Å². The predicted molar refractivity (Wildman–Crippen MR) is 83.1 cm³/mol. The molecule has 3 atom stereocenters. The van der Waals surface area contributed by atoms with Crippen LogP contribution in [0.1, 0.15) is 43.0 Å². The Kier molecular flexibility index (Phi) is 3.95. The first-order valence-electron chi connectivity index (χ1n) is 7.65. The summed E-state index contributed by atoms with van der Waals surface area (Å²) in [5, 5.41) is 2.90. The second-order valence-corrected chi connectivity index (χ2v) is 8.66. The first kappa shape index (κ1) is 14.8. The lowest BCUT2D eigenvalue weighted by molar-refractivity contribution is 0.185. The molecule has 1 aromatic carbocycles. The predicted octanol–water partition coefficient (Wildman–Crippen LogP) is 3.27. The molecule has 1 aromatic rings. The molecule has 1 N–H and O–H groups in total. The van der Waals surface area contributed by atoms with Crippen molar-refractivity contribution in [2.24, 2.45) is 5.92 Å². The Bertz CT molecular complexity index is 629. The van der Waals surface area contributed by atoms with Crippen LogP contribution < -0.4 is 5.32 Å². The summed E-state index contributed by atoms with van der Waals surface area (Å²) < 4.78 is 38.5. The molecule has 21 heavy (non-hydrogen) atoms. The quantitative estimate of drug-likeness (QED) is 0.932. The summed E-state index contributed by atoms with van der Waals surface area (Å²) in [4.78, 5) is 0. The van der Waals surface area contributed by atoms with E-state index in [1.165, 1.54) is 11.8 Å². The first-order valence-corrected chi connectivity index (χ1v) is 9.61. The number of alkyl halides is 1. The van der Waals surface area contributed by atoms with Crippen molar-refractivity contribution in [2.45, 2.75) is 43.5 Å². The molecule has 0 saturated heterocycles. The van der Waals surface area contributed by atoms with Crippen LogP contribution in [0.2, 0.25) is 0 Å². The summed E-state index contributed by atoms with van der Waals surface area (Å²) in [5.41, 5.74) is 2.82. The van der Waals surface area contributed by atoms with Crippen LogP contribution in [0.25, 0.3) is 0 Å². The fourth-order valence-electron chi connectivity index (χ4n) is 3.69. The van der Waals surface area contributed by atoms with E-state index in [4.69, 9.17) is 0 Å². The van der Waals surface area contributed by atoms with Gasteiger partial charge in [-0.25, -0.2) is 12.8 Å². The lowest BCUT2D eigenvalue weighted by Gasteiger charge is -2.31. The number of hydrogen-bond donors (Lipinski definition) is 1. The highest BCUT2D eigenvalue weighted by atomic mass is 32.2. The first-order chi connectivity index (χ1) is 9.97. The Morgan fingerprint density at radius 3 is 2.90 bits per heavy atom. The van der Waals surface area contributed by atoms with Crippen LogP contribution in [-0.4, -0.2) is 26.5 Å². The third-order valence-corrected chi connectivity index (χ3v) is 6.50. The van der Waals surface area contributed by atoms with E-state index in [1.807, 2.05) is 18.2 Å². The summed E-state index contributed by atoms with van der Waals surface area (Å²) in [6, 6.07) is 5.78. The van der Waals surface area contributed by atoms with Crippen LogP contribution in [0.5, 0.6) is 0 Å². The zero-order valence-corrected chi connectivity index (χ0v) is 13.1. The molecule has 3 unspecified atom stereocenters. The smallest absolute Gasteiger partial charge is 0.150 e. The van der Waals surface area contributed by atoms with Gasteiger partial charge < -0.3 is 5.32 Å². The van der Waals surface area contributed by atoms with Gasteiger partial charge in [0, 0.05) is 24.1 Å². The minimum Gasteiger partial charge on any atom is -0.384 e. The molecule has 116 valence electrons. The Hall–Kier alpha value is -1.10. The molecule has 0 amide bonds. The van der Waals surface area contributed by atoms with Crippen LogP contribution in [-0.2, 0) is 16.3 Å². The second kappa shape index (κ2) is 5.59.